The first-order chi connectivity index (χ1) is 6.11. The molecule has 0 aromatic heterocycles. The van der Waals surface area contributed by atoms with Crippen LogP contribution < -0.4 is 5.73 Å². The standard InChI is InChI=1S/C10H13NO2/c1-7(11)6-8-4-2-3-5-9(8)10(12)13/h2-5,7H,6,11H2,1H3,(H,12,13). The topological polar surface area (TPSA) is 63.3 Å². The predicted octanol–water partition coefficient (Wildman–Crippen LogP) is 1.27. The average molecular weight is 179 g/mol. The molecular weight excluding hydrogens is 166 g/mol. The molecule has 0 saturated carbocycles. The molecule has 1 unspecified atom stereocenters. The summed E-state index contributed by atoms with van der Waals surface area (Å²) in [5.41, 5.74) is 6.74. The van der Waals surface area contributed by atoms with Crippen molar-refractivity contribution in [3.63, 3.8) is 0 Å². The van der Waals surface area contributed by atoms with Crippen molar-refractivity contribution in [2.75, 3.05) is 0 Å². The van der Waals surface area contributed by atoms with E-state index in [9.17, 15) is 4.79 Å². The van der Waals surface area contributed by atoms with Gasteiger partial charge < -0.3 is 10.8 Å². The number of rotatable bonds is 3. The van der Waals surface area contributed by atoms with Crippen LogP contribution in [0.25, 0.3) is 0 Å². The maximum absolute atomic E-state index is 10.8. The normalized spacial score (nSPS) is 12.5. The van der Waals surface area contributed by atoms with Gasteiger partial charge in [0.15, 0.2) is 0 Å². The highest BCUT2D eigenvalue weighted by atomic mass is 16.4. The quantitative estimate of drug-likeness (QED) is 0.734. The largest absolute Gasteiger partial charge is 0.478 e. The first-order valence-electron chi connectivity index (χ1n) is 4.18. The molecule has 1 aromatic carbocycles. The average Bonchev–Trinajstić information content (AvgIpc) is 2.03. The summed E-state index contributed by atoms with van der Waals surface area (Å²) in [6, 6.07) is 6.92. The van der Waals surface area contributed by atoms with Gasteiger partial charge in [0, 0.05) is 6.04 Å². The van der Waals surface area contributed by atoms with Crippen molar-refractivity contribution in [3.8, 4) is 0 Å². The van der Waals surface area contributed by atoms with Gasteiger partial charge in [0.25, 0.3) is 0 Å². The van der Waals surface area contributed by atoms with E-state index in [-0.39, 0.29) is 6.04 Å². The molecule has 70 valence electrons. The van der Waals surface area contributed by atoms with Gasteiger partial charge in [0.2, 0.25) is 0 Å². The third-order valence-electron chi connectivity index (χ3n) is 1.79. The molecule has 0 fully saturated rings. The Hall–Kier alpha value is -1.35. The van der Waals surface area contributed by atoms with Crippen LogP contribution in [0.4, 0.5) is 0 Å². The summed E-state index contributed by atoms with van der Waals surface area (Å²) >= 11 is 0. The molecule has 1 aromatic rings. The highest BCUT2D eigenvalue weighted by Crippen LogP contribution is 2.10. The molecule has 0 aliphatic rings. The SMILES string of the molecule is CC(N)Cc1ccccc1C(=O)O. The second-order valence-electron chi connectivity index (χ2n) is 3.14. The zero-order valence-electron chi connectivity index (χ0n) is 7.53. The van der Waals surface area contributed by atoms with Gasteiger partial charge in [-0.15, -0.1) is 0 Å². The van der Waals surface area contributed by atoms with E-state index >= 15 is 0 Å². The van der Waals surface area contributed by atoms with Crippen LogP contribution in [0, 0.1) is 0 Å². The minimum absolute atomic E-state index is 0.0134. The number of hydrogen-bond donors (Lipinski definition) is 2. The third kappa shape index (κ3) is 2.56. The molecule has 3 heteroatoms. The number of nitrogens with two attached hydrogens (primary N) is 1. The summed E-state index contributed by atoms with van der Waals surface area (Å²) < 4.78 is 0. The molecule has 0 spiro atoms. The summed E-state index contributed by atoms with van der Waals surface area (Å²) in [6.45, 7) is 1.86. The van der Waals surface area contributed by atoms with Crippen molar-refractivity contribution < 1.29 is 9.90 Å². The summed E-state index contributed by atoms with van der Waals surface area (Å²) in [6.07, 6.45) is 0.600. The number of aromatic carboxylic acids is 1. The van der Waals surface area contributed by atoms with Gasteiger partial charge in [-0.1, -0.05) is 18.2 Å². The minimum atomic E-state index is -0.892. The Labute approximate surface area is 77.2 Å². The van der Waals surface area contributed by atoms with E-state index in [1.807, 2.05) is 13.0 Å². The predicted molar refractivity (Wildman–Crippen MR) is 50.8 cm³/mol. The molecule has 0 radical (unpaired) electrons. The lowest BCUT2D eigenvalue weighted by Gasteiger charge is -2.07. The fourth-order valence-corrected chi connectivity index (χ4v) is 1.25. The summed E-state index contributed by atoms with van der Waals surface area (Å²) in [7, 11) is 0. The Morgan fingerprint density at radius 2 is 2.15 bits per heavy atom. The summed E-state index contributed by atoms with van der Waals surface area (Å²) in [4.78, 5) is 10.8. The van der Waals surface area contributed by atoms with Crippen molar-refractivity contribution >= 4 is 5.97 Å². The molecule has 0 amide bonds. The van der Waals surface area contributed by atoms with E-state index < -0.39 is 5.97 Å². The molecule has 0 aliphatic carbocycles. The molecule has 13 heavy (non-hydrogen) atoms. The van der Waals surface area contributed by atoms with Gasteiger partial charge in [-0.3, -0.25) is 0 Å². The van der Waals surface area contributed by atoms with Crippen molar-refractivity contribution in [3.05, 3.63) is 35.4 Å². The highest BCUT2D eigenvalue weighted by molar-refractivity contribution is 5.89. The van der Waals surface area contributed by atoms with Gasteiger partial charge in [-0.05, 0) is 25.0 Å². The summed E-state index contributed by atoms with van der Waals surface area (Å²) in [5.74, 6) is -0.892. The lowest BCUT2D eigenvalue weighted by atomic mass is 10.0. The molecule has 0 saturated heterocycles. The number of carboxylic acid groups (broad SMARTS) is 1. The van der Waals surface area contributed by atoms with Crippen LogP contribution in [0.1, 0.15) is 22.8 Å². The highest BCUT2D eigenvalue weighted by Gasteiger charge is 2.09. The van der Waals surface area contributed by atoms with Crippen LogP contribution in [0.2, 0.25) is 0 Å². The maximum Gasteiger partial charge on any atom is 0.335 e. The number of carboxylic acids is 1. The van der Waals surface area contributed by atoms with Crippen LogP contribution in [-0.2, 0) is 6.42 Å². The van der Waals surface area contributed by atoms with Crippen molar-refractivity contribution in [2.24, 2.45) is 5.73 Å². The zero-order chi connectivity index (χ0) is 9.84. The number of carbonyl (C=O) groups is 1. The van der Waals surface area contributed by atoms with Crippen LogP contribution in [0.15, 0.2) is 24.3 Å². The Bertz CT molecular complexity index is 308. The van der Waals surface area contributed by atoms with E-state index in [1.165, 1.54) is 0 Å². The molecule has 0 heterocycles. The molecule has 0 aliphatic heterocycles. The molecule has 1 atom stereocenters. The van der Waals surface area contributed by atoms with E-state index in [2.05, 4.69) is 0 Å². The fraction of sp³-hybridized carbons (Fsp3) is 0.300. The zero-order valence-corrected chi connectivity index (χ0v) is 7.53. The number of hydrogen-bond acceptors (Lipinski definition) is 2. The van der Waals surface area contributed by atoms with Gasteiger partial charge in [-0.25, -0.2) is 4.79 Å². The molecular formula is C10H13NO2. The molecule has 3 N–H and O–H groups in total. The first kappa shape index (κ1) is 9.74. The van der Waals surface area contributed by atoms with E-state index in [0.717, 1.165) is 5.56 Å². The van der Waals surface area contributed by atoms with Gasteiger partial charge in [0.05, 0.1) is 5.56 Å². The first-order valence-corrected chi connectivity index (χ1v) is 4.18. The van der Waals surface area contributed by atoms with Gasteiger partial charge >= 0.3 is 5.97 Å². The molecule has 0 bridgehead atoms. The second kappa shape index (κ2) is 4.05. The van der Waals surface area contributed by atoms with Crippen LogP contribution in [0.3, 0.4) is 0 Å². The smallest absolute Gasteiger partial charge is 0.335 e. The van der Waals surface area contributed by atoms with Crippen LogP contribution in [-0.4, -0.2) is 17.1 Å². The lowest BCUT2D eigenvalue weighted by molar-refractivity contribution is 0.0695. The Morgan fingerprint density at radius 1 is 1.54 bits per heavy atom. The van der Waals surface area contributed by atoms with E-state index in [1.54, 1.807) is 18.2 Å². The monoisotopic (exact) mass is 179 g/mol. The van der Waals surface area contributed by atoms with Crippen LogP contribution in [0.5, 0.6) is 0 Å². The number of benzene rings is 1. The van der Waals surface area contributed by atoms with Crippen molar-refractivity contribution in [1.29, 1.82) is 0 Å². The molecule has 3 nitrogen and oxygen atoms in total. The van der Waals surface area contributed by atoms with Crippen LogP contribution >= 0.6 is 0 Å². The Kier molecular flexibility index (Phi) is 3.03. The van der Waals surface area contributed by atoms with Gasteiger partial charge in [-0.2, -0.15) is 0 Å². The second-order valence-corrected chi connectivity index (χ2v) is 3.14. The van der Waals surface area contributed by atoms with E-state index in [4.69, 9.17) is 10.8 Å². The Morgan fingerprint density at radius 3 is 2.69 bits per heavy atom. The third-order valence-corrected chi connectivity index (χ3v) is 1.79. The van der Waals surface area contributed by atoms with Gasteiger partial charge in [0.1, 0.15) is 0 Å². The van der Waals surface area contributed by atoms with E-state index in [0.29, 0.717) is 12.0 Å². The van der Waals surface area contributed by atoms with Crippen molar-refractivity contribution in [1.82, 2.24) is 0 Å². The minimum Gasteiger partial charge on any atom is -0.478 e. The summed E-state index contributed by atoms with van der Waals surface area (Å²) in [5, 5.41) is 8.84. The van der Waals surface area contributed by atoms with Crippen molar-refractivity contribution in [2.45, 2.75) is 19.4 Å². The Balaban J connectivity index is 2.98. The fourth-order valence-electron chi connectivity index (χ4n) is 1.25. The molecule has 1 rings (SSSR count). The lowest BCUT2D eigenvalue weighted by Crippen LogP contribution is -2.19. The maximum atomic E-state index is 10.8.